The van der Waals surface area contributed by atoms with Crippen molar-refractivity contribution in [1.29, 1.82) is 0 Å². The largest absolute Gasteiger partial charge is 0.480 e. The molecular weight excluding hydrogens is 301 g/mol. The zero-order valence-corrected chi connectivity index (χ0v) is 11.5. The van der Waals surface area contributed by atoms with Crippen molar-refractivity contribution in [2.24, 2.45) is 0 Å². The monoisotopic (exact) mass is 314 g/mol. The van der Waals surface area contributed by atoms with E-state index in [-0.39, 0.29) is 6.42 Å². The van der Waals surface area contributed by atoms with Crippen LogP contribution in [0.3, 0.4) is 0 Å². The van der Waals surface area contributed by atoms with Crippen LogP contribution in [0.15, 0.2) is 24.4 Å². The third-order valence-corrected chi connectivity index (χ3v) is 3.29. The van der Waals surface area contributed by atoms with Crippen molar-refractivity contribution in [2.45, 2.75) is 25.6 Å². The Balaban J connectivity index is 2.26. The molecule has 118 valence electrons. The minimum absolute atomic E-state index is 0.249. The summed E-state index contributed by atoms with van der Waals surface area (Å²) >= 11 is 0. The quantitative estimate of drug-likeness (QED) is 0.809. The normalized spacial score (nSPS) is 13.1. The average molecular weight is 314 g/mol. The van der Waals surface area contributed by atoms with Crippen LogP contribution in [-0.2, 0) is 16.0 Å². The summed E-state index contributed by atoms with van der Waals surface area (Å²) in [5, 5.41) is 11.2. The third-order valence-electron chi connectivity index (χ3n) is 3.29. The summed E-state index contributed by atoms with van der Waals surface area (Å²) in [5.74, 6) is -3.80. The zero-order valence-electron chi connectivity index (χ0n) is 11.5. The number of alkyl halides is 3. The number of rotatable bonds is 4. The van der Waals surface area contributed by atoms with Crippen molar-refractivity contribution in [2.75, 3.05) is 0 Å². The zero-order chi connectivity index (χ0) is 16.5. The lowest BCUT2D eigenvalue weighted by atomic mass is 10.0. The average Bonchev–Trinajstić information content (AvgIpc) is 2.81. The lowest BCUT2D eigenvalue weighted by molar-refractivity contribution is -0.175. The van der Waals surface area contributed by atoms with Crippen LogP contribution in [0.4, 0.5) is 13.2 Å². The predicted molar refractivity (Wildman–Crippen MR) is 72.4 cm³/mol. The van der Waals surface area contributed by atoms with Gasteiger partial charge in [0.05, 0.1) is 0 Å². The first-order valence-corrected chi connectivity index (χ1v) is 6.36. The molecule has 3 N–H and O–H groups in total. The number of para-hydroxylation sites is 1. The van der Waals surface area contributed by atoms with Gasteiger partial charge in [-0.2, -0.15) is 13.2 Å². The highest BCUT2D eigenvalue weighted by molar-refractivity contribution is 5.89. The first-order valence-electron chi connectivity index (χ1n) is 6.36. The molecule has 0 aliphatic heterocycles. The molecule has 8 heteroatoms. The predicted octanol–water partition coefficient (Wildman–Crippen LogP) is 2.15. The van der Waals surface area contributed by atoms with Crippen LogP contribution >= 0.6 is 0 Å². The van der Waals surface area contributed by atoms with Crippen molar-refractivity contribution >= 4 is 22.8 Å². The van der Waals surface area contributed by atoms with Gasteiger partial charge in [-0.3, -0.25) is 4.79 Å². The minimum atomic E-state index is -5.12. The van der Waals surface area contributed by atoms with Gasteiger partial charge in [0, 0.05) is 23.5 Å². The van der Waals surface area contributed by atoms with Crippen molar-refractivity contribution in [3.8, 4) is 0 Å². The summed E-state index contributed by atoms with van der Waals surface area (Å²) in [6.45, 7) is 1.85. The molecule has 1 heterocycles. The number of aromatic amines is 1. The SMILES string of the molecule is Cc1cccc2c(CC(NC(=O)C(F)(F)F)C(=O)O)c[nH]c12. The molecule has 1 amide bonds. The summed E-state index contributed by atoms with van der Waals surface area (Å²) in [4.78, 5) is 25.0. The van der Waals surface area contributed by atoms with E-state index in [4.69, 9.17) is 5.11 Å². The number of carbonyl (C=O) groups is 2. The number of aromatic nitrogens is 1. The molecule has 0 spiro atoms. The topological polar surface area (TPSA) is 82.2 Å². The van der Waals surface area contributed by atoms with E-state index in [1.807, 2.05) is 13.0 Å². The molecule has 0 bridgehead atoms. The van der Waals surface area contributed by atoms with Crippen LogP contribution in [-0.4, -0.2) is 34.2 Å². The van der Waals surface area contributed by atoms with Gasteiger partial charge in [0.25, 0.3) is 0 Å². The second-order valence-corrected chi connectivity index (χ2v) is 4.88. The molecule has 1 aromatic carbocycles. The molecular formula is C14H13F3N2O3. The van der Waals surface area contributed by atoms with Gasteiger partial charge in [-0.05, 0) is 18.1 Å². The van der Waals surface area contributed by atoms with E-state index in [9.17, 15) is 22.8 Å². The lowest BCUT2D eigenvalue weighted by Crippen LogP contribution is -2.47. The molecule has 0 aliphatic carbocycles. The van der Waals surface area contributed by atoms with Crippen LogP contribution in [0.25, 0.3) is 10.9 Å². The third kappa shape index (κ3) is 3.21. The van der Waals surface area contributed by atoms with Crippen LogP contribution < -0.4 is 5.32 Å². The Labute approximate surface area is 123 Å². The number of aliphatic carboxylic acids is 1. The molecule has 0 radical (unpaired) electrons. The Morgan fingerprint density at radius 1 is 1.36 bits per heavy atom. The van der Waals surface area contributed by atoms with E-state index in [2.05, 4.69) is 4.98 Å². The van der Waals surface area contributed by atoms with Gasteiger partial charge in [0.2, 0.25) is 0 Å². The maximum Gasteiger partial charge on any atom is 0.471 e. The number of carboxylic acid groups (broad SMARTS) is 1. The Bertz CT molecular complexity index is 722. The first kappa shape index (κ1) is 15.9. The molecule has 0 saturated carbocycles. The van der Waals surface area contributed by atoms with Gasteiger partial charge in [0.1, 0.15) is 6.04 Å². The van der Waals surface area contributed by atoms with Crippen LogP contribution in [0.1, 0.15) is 11.1 Å². The number of carboxylic acids is 1. The van der Waals surface area contributed by atoms with Gasteiger partial charge in [-0.25, -0.2) is 4.79 Å². The fraction of sp³-hybridized carbons (Fsp3) is 0.286. The molecule has 5 nitrogen and oxygen atoms in total. The number of hydrogen-bond donors (Lipinski definition) is 3. The number of aryl methyl sites for hydroxylation is 1. The smallest absolute Gasteiger partial charge is 0.471 e. The van der Waals surface area contributed by atoms with Gasteiger partial charge < -0.3 is 15.4 Å². The van der Waals surface area contributed by atoms with E-state index >= 15 is 0 Å². The molecule has 1 atom stereocenters. The molecule has 2 aromatic rings. The number of fused-ring (bicyclic) bond motifs is 1. The summed E-state index contributed by atoms with van der Waals surface area (Å²) in [5.41, 5.74) is 2.23. The fourth-order valence-corrected chi connectivity index (χ4v) is 2.19. The highest BCUT2D eigenvalue weighted by Crippen LogP contribution is 2.23. The summed E-state index contributed by atoms with van der Waals surface area (Å²) in [6, 6.07) is 3.69. The molecule has 0 aliphatic rings. The summed E-state index contributed by atoms with van der Waals surface area (Å²) in [7, 11) is 0. The number of amides is 1. The molecule has 2 rings (SSSR count). The van der Waals surface area contributed by atoms with Crippen molar-refractivity contribution in [3.05, 3.63) is 35.5 Å². The maximum atomic E-state index is 12.2. The molecule has 1 aromatic heterocycles. The summed E-state index contributed by atoms with van der Waals surface area (Å²) < 4.78 is 36.7. The molecule has 0 saturated heterocycles. The highest BCUT2D eigenvalue weighted by Gasteiger charge is 2.40. The Morgan fingerprint density at radius 3 is 2.64 bits per heavy atom. The Kier molecular flexibility index (Phi) is 4.11. The Morgan fingerprint density at radius 2 is 2.05 bits per heavy atom. The van der Waals surface area contributed by atoms with Crippen LogP contribution in [0.5, 0.6) is 0 Å². The second-order valence-electron chi connectivity index (χ2n) is 4.88. The number of halogens is 3. The molecule has 0 fully saturated rings. The van der Waals surface area contributed by atoms with E-state index in [0.717, 1.165) is 11.1 Å². The van der Waals surface area contributed by atoms with E-state index in [0.29, 0.717) is 10.9 Å². The number of nitrogens with one attached hydrogen (secondary N) is 2. The van der Waals surface area contributed by atoms with Gasteiger partial charge in [-0.15, -0.1) is 0 Å². The Hall–Kier alpha value is -2.51. The van der Waals surface area contributed by atoms with E-state index in [1.54, 1.807) is 12.1 Å². The second kappa shape index (κ2) is 5.70. The molecule has 22 heavy (non-hydrogen) atoms. The van der Waals surface area contributed by atoms with Crippen LogP contribution in [0.2, 0.25) is 0 Å². The van der Waals surface area contributed by atoms with Gasteiger partial charge in [-0.1, -0.05) is 18.2 Å². The van der Waals surface area contributed by atoms with Crippen molar-refractivity contribution in [1.82, 2.24) is 10.3 Å². The van der Waals surface area contributed by atoms with Gasteiger partial charge in [0.15, 0.2) is 0 Å². The lowest BCUT2D eigenvalue weighted by Gasteiger charge is -2.15. The summed E-state index contributed by atoms with van der Waals surface area (Å²) in [6.07, 6.45) is -3.83. The first-order chi connectivity index (χ1) is 10.2. The van der Waals surface area contributed by atoms with Crippen LogP contribution in [0, 0.1) is 6.92 Å². The highest BCUT2D eigenvalue weighted by atomic mass is 19.4. The van der Waals surface area contributed by atoms with Crippen molar-refractivity contribution in [3.63, 3.8) is 0 Å². The van der Waals surface area contributed by atoms with Crippen molar-refractivity contribution < 1.29 is 27.9 Å². The number of carbonyl (C=O) groups excluding carboxylic acids is 1. The van der Waals surface area contributed by atoms with E-state index < -0.39 is 24.1 Å². The van der Waals surface area contributed by atoms with Gasteiger partial charge >= 0.3 is 18.1 Å². The standard InChI is InChI=1S/C14H13F3N2O3/c1-7-3-2-4-9-8(6-18-11(7)9)5-10(12(20)21)19-13(22)14(15,16)17/h2-4,6,10,18H,5H2,1H3,(H,19,22)(H,20,21). The minimum Gasteiger partial charge on any atom is -0.480 e. The maximum absolute atomic E-state index is 12.2. The fourth-order valence-electron chi connectivity index (χ4n) is 2.19. The number of benzene rings is 1. The van der Waals surface area contributed by atoms with E-state index in [1.165, 1.54) is 11.5 Å². The molecule has 1 unspecified atom stereocenters. The number of H-pyrrole nitrogens is 1. The number of hydrogen-bond acceptors (Lipinski definition) is 2.